The van der Waals surface area contributed by atoms with Gasteiger partial charge in [0.25, 0.3) is 0 Å². The average molecular weight is 263 g/mol. The van der Waals surface area contributed by atoms with Gasteiger partial charge < -0.3 is 14.6 Å². The van der Waals surface area contributed by atoms with Crippen molar-refractivity contribution in [2.45, 2.75) is 64.6 Å². The number of hydrogen-bond acceptors (Lipinski definition) is 3. The van der Waals surface area contributed by atoms with E-state index in [9.17, 15) is 0 Å². The van der Waals surface area contributed by atoms with Gasteiger partial charge in [0.05, 0.1) is 17.8 Å². The minimum absolute atomic E-state index is 0.0157. The highest BCUT2D eigenvalue weighted by atomic mass is 16.5. The highest BCUT2D eigenvalue weighted by molar-refractivity contribution is 5.21. The minimum atomic E-state index is 0.0157. The third-order valence-corrected chi connectivity index (χ3v) is 4.33. The molecule has 3 heterocycles. The van der Waals surface area contributed by atoms with Crippen molar-refractivity contribution in [1.82, 2.24) is 14.9 Å². The van der Waals surface area contributed by atoms with E-state index < -0.39 is 0 Å². The van der Waals surface area contributed by atoms with E-state index in [1.54, 1.807) is 0 Å². The van der Waals surface area contributed by atoms with E-state index in [1.165, 1.54) is 30.1 Å². The van der Waals surface area contributed by atoms with Gasteiger partial charge in [0, 0.05) is 38.2 Å². The molecule has 0 aromatic carbocycles. The number of rotatable bonds is 4. The van der Waals surface area contributed by atoms with Crippen LogP contribution >= 0.6 is 0 Å². The van der Waals surface area contributed by atoms with Gasteiger partial charge in [-0.1, -0.05) is 6.92 Å². The predicted octanol–water partition coefficient (Wildman–Crippen LogP) is 2.05. The molecular formula is C15H25N3O. The number of hydrogen-bond donors (Lipinski definition) is 1. The molecule has 106 valence electrons. The van der Waals surface area contributed by atoms with Crippen LogP contribution < -0.4 is 5.32 Å². The molecule has 1 atom stereocenters. The van der Waals surface area contributed by atoms with E-state index in [0.717, 1.165) is 45.5 Å². The maximum atomic E-state index is 5.97. The van der Waals surface area contributed by atoms with Crippen LogP contribution in [0.2, 0.25) is 0 Å². The molecule has 0 amide bonds. The topological polar surface area (TPSA) is 39.1 Å². The number of fused-ring (bicyclic) bond motifs is 1. The van der Waals surface area contributed by atoms with Crippen molar-refractivity contribution in [3.8, 4) is 0 Å². The second-order valence-electron chi connectivity index (χ2n) is 6.09. The molecule has 4 nitrogen and oxygen atoms in total. The SMILES string of the molecule is CCCc1nc2c(n1CC1(C)CCCO1)CCNC2. The summed E-state index contributed by atoms with van der Waals surface area (Å²) in [6.07, 6.45) is 5.69. The first-order valence-electron chi connectivity index (χ1n) is 7.64. The zero-order valence-corrected chi connectivity index (χ0v) is 12.2. The Morgan fingerprint density at radius 2 is 2.37 bits per heavy atom. The van der Waals surface area contributed by atoms with Gasteiger partial charge in [0.15, 0.2) is 0 Å². The lowest BCUT2D eigenvalue weighted by atomic mass is 10.0. The molecule has 1 aromatic heterocycles. The Balaban J connectivity index is 1.91. The monoisotopic (exact) mass is 263 g/mol. The number of nitrogens with zero attached hydrogens (tertiary/aromatic N) is 2. The van der Waals surface area contributed by atoms with Gasteiger partial charge in [-0.3, -0.25) is 0 Å². The summed E-state index contributed by atoms with van der Waals surface area (Å²) in [4.78, 5) is 4.86. The van der Waals surface area contributed by atoms with Crippen LogP contribution in [0.25, 0.3) is 0 Å². The molecule has 2 aliphatic heterocycles. The summed E-state index contributed by atoms with van der Waals surface area (Å²) in [5.41, 5.74) is 2.72. The predicted molar refractivity (Wildman–Crippen MR) is 75.2 cm³/mol. The molecule has 1 aromatic rings. The Morgan fingerprint density at radius 3 is 3.11 bits per heavy atom. The van der Waals surface area contributed by atoms with Crippen LogP contribution in [0.4, 0.5) is 0 Å². The summed E-state index contributed by atoms with van der Waals surface area (Å²) in [7, 11) is 0. The molecule has 3 rings (SSSR count). The number of nitrogens with one attached hydrogen (secondary N) is 1. The molecule has 1 saturated heterocycles. The molecule has 1 unspecified atom stereocenters. The van der Waals surface area contributed by atoms with Crippen LogP contribution in [0.1, 0.15) is 50.3 Å². The van der Waals surface area contributed by atoms with Gasteiger partial charge in [-0.15, -0.1) is 0 Å². The van der Waals surface area contributed by atoms with E-state index in [-0.39, 0.29) is 5.60 Å². The van der Waals surface area contributed by atoms with E-state index in [4.69, 9.17) is 9.72 Å². The third kappa shape index (κ3) is 2.56. The standard InChI is InChI=1S/C15H25N3O/c1-3-5-14-17-12-10-16-8-6-13(12)18(14)11-15(2)7-4-9-19-15/h16H,3-11H2,1-2H3. The van der Waals surface area contributed by atoms with Gasteiger partial charge in [-0.05, 0) is 26.2 Å². The normalized spacial score (nSPS) is 26.6. The maximum Gasteiger partial charge on any atom is 0.109 e. The zero-order chi connectivity index (χ0) is 13.3. The van der Waals surface area contributed by atoms with Crippen LogP contribution in [0.15, 0.2) is 0 Å². The van der Waals surface area contributed by atoms with E-state index >= 15 is 0 Å². The first kappa shape index (κ1) is 13.1. The number of ether oxygens (including phenoxy) is 1. The highest BCUT2D eigenvalue weighted by Gasteiger charge is 2.32. The molecule has 0 saturated carbocycles. The van der Waals surface area contributed by atoms with Crippen LogP contribution in [-0.4, -0.2) is 28.3 Å². The summed E-state index contributed by atoms with van der Waals surface area (Å²) in [5.74, 6) is 1.26. The van der Waals surface area contributed by atoms with Crippen molar-refractivity contribution in [1.29, 1.82) is 0 Å². The first-order chi connectivity index (χ1) is 9.22. The summed E-state index contributed by atoms with van der Waals surface area (Å²) < 4.78 is 8.44. The molecule has 19 heavy (non-hydrogen) atoms. The van der Waals surface area contributed by atoms with Crippen LogP contribution in [0.3, 0.4) is 0 Å². The highest BCUT2D eigenvalue weighted by Crippen LogP contribution is 2.29. The van der Waals surface area contributed by atoms with Gasteiger partial charge >= 0.3 is 0 Å². The maximum absolute atomic E-state index is 5.97. The van der Waals surface area contributed by atoms with E-state index in [0.29, 0.717) is 0 Å². The Labute approximate surface area is 115 Å². The fourth-order valence-electron chi connectivity index (χ4n) is 3.32. The van der Waals surface area contributed by atoms with Crippen LogP contribution in [0.5, 0.6) is 0 Å². The van der Waals surface area contributed by atoms with Gasteiger partial charge in [0.1, 0.15) is 5.82 Å². The van der Waals surface area contributed by atoms with Crippen molar-refractivity contribution >= 4 is 0 Å². The number of aromatic nitrogens is 2. The van der Waals surface area contributed by atoms with Crippen molar-refractivity contribution in [3.05, 3.63) is 17.2 Å². The van der Waals surface area contributed by atoms with Crippen LogP contribution in [0, 0.1) is 0 Å². The zero-order valence-electron chi connectivity index (χ0n) is 12.2. The quantitative estimate of drug-likeness (QED) is 0.903. The van der Waals surface area contributed by atoms with Gasteiger partial charge in [-0.2, -0.15) is 0 Å². The van der Waals surface area contributed by atoms with Crippen molar-refractivity contribution in [2.24, 2.45) is 0 Å². The van der Waals surface area contributed by atoms with E-state index in [2.05, 4.69) is 23.7 Å². The largest absolute Gasteiger partial charge is 0.373 e. The Kier molecular flexibility index (Phi) is 3.63. The van der Waals surface area contributed by atoms with Crippen molar-refractivity contribution in [2.75, 3.05) is 13.2 Å². The van der Waals surface area contributed by atoms with Crippen molar-refractivity contribution < 1.29 is 4.74 Å². The third-order valence-electron chi connectivity index (χ3n) is 4.33. The summed E-state index contributed by atoms with van der Waals surface area (Å²) in [5, 5.41) is 3.42. The number of aryl methyl sites for hydroxylation is 1. The second-order valence-corrected chi connectivity index (χ2v) is 6.09. The molecule has 4 heteroatoms. The Morgan fingerprint density at radius 1 is 1.47 bits per heavy atom. The lowest BCUT2D eigenvalue weighted by molar-refractivity contribution is 0.00501. The molecule has 1 fully saturated rings. The molecule has 0 radical (unpaired) electrons. The van der Waals surface area contributed by atoms with Crippen molar-refractivity contribution in [3.63, 3.8) is 0 Å². The van der Waals surface area contributed by atoms with E-state index in [1.807, 2.05) is 0 Å². The Bertz CT molecular complexity index is 446. The Hall–Kier alpha value is -0.870. The second kappa shape index (κ2) is 5.25. The lowest BCUT2D eigenvalue weighted by Crippen LogP contribution is -2.32. The lowest BCUT2D eigenvalue weighted by Gasteiger charge is -2.27. The van der Waals surface area contributed by atoms with Crippen LogP contribution in [-0.2, 0) is 30.7 Å². The molecule has 0 spiro atoms. The fraction of sp³-hybridized carbons (Fsp3) is 0.800. The first-order valence-corrected chi connectivity index (χ1v) is 7.64. The fourth-order valence-corrected chi connectivity index (χ4v) is 3.32. The summed E-state index contributed by atoms with van der Waals surface area (Å²) in [6.45, 7) is 8.37. The smallest absolute Gasteiger partial charge is 0.109 e. The molecule has 2 aliphatic rings. The minimum Gasteiger partial charge on any atom is -0.373 e. The molecule has 0 aliphatic carbocycles. The number of imidazole rings is 1. The van der Waals surface area contributed by atoms with Gasteiger partial charge in [0.2, 0.25) is 0 Å². The summed E-state index contributed by atoms with van der Waals surface area (Å²) >= 11 is 0. The molecular weight excluding hydrogens is 238 g/mol. The summed E-state index contributed by atoms with van der Waals surface area (Å²) in [6, 6.07) is 0. The van der Waals surface area contributed by atoms with Gasteiger partial charge in [-0.25, -0.2) is 4.98 Å². The average Bonchev–Trinajstić information content (AvgIpc) is 2.97. The molecule has 1 N–H and O–H groups in total. The molecule has 0 bridgehead atoms.